The molecule has 0 saturated heterocycles. The molecule has 0 amide bonds. The molecule has 1 unspecified atom stereocenters. The van der Waals surface area contributed by atoms with Gasteiger partial charge in [0.15, 0.2) is 0 Å². The standard InChI is InChI=1S/C15H27NO/c1-5-8-9-12(6-2)10-14-15(17-4)11-13(7-3)16-14/h11-12,16H,5-10H2,1-4H3. The van der Waals surface area contributed by atoms with Crippen molar-refractivity contribution in [1.29, 1.82) is 0 Å². The van der Waals surface area contributed by atoms with E-state index in [1.54, 1.807) is 7.11 Å². The molecule has 0 saturated carbocycles. The molecule has 1 aromatic rings. The summed E-state index contributed by atoms with van der Waals surface area (Å²) in [7, 11) is 1.76. The molecule has 0 bridgehead atoms. The first-order valence-electron chi connectivity index (χ1n) is 6.99. The lowest BCUT2D eigenvalue weighted by atomic mass is 9.94. The van der Waals surface area contributed by atoms with Gasteiger partial charge in [-0.05, 0) is 18.8 Å². The molecule has 0 aliphatic carbocycles. The van der Waals surface area contributed by atoms with Gasteiger partial charge in [0.1, 0.15) is 5.75 Å². The molecule has 1 heterocycles. The fourth-order valence-corrected chi connectivity index (χ4v) is 2.29. The number of methoxy groups -OCH3 is 1. The molecule has 0 aromatic carbocycles. The van der Waals surface area contributed by atoms with Crippen molar-refractivity contribution < 1.29 is 4.74 Å². The van der Waals surface area contributed by atoms with Gasteiger partial charge < -0.3 is 9.72 Å². The molecule has 1 atom stereocenters. The van der Waals surface area contributed by atoms with Crippen LogP contribution in [0.1, 0.15) is 57.8 Å². The number of hydrogen-bond donors (Lipinski definition) is 1. The molecular formula is C15H27NO. The van der Waals surface area contributed by atoms with Gasteiger partial charge in [-0.3, -0.25) is 0 Å². The molecule has 2 heteroatoms. The lowest BCUT2D eigenvalue weighted by molar-refractivity contribution is 0.395. The maximum absolute atomic E-state index is 5.45. The number of aryl methyl sites for hydroxylation is 1. The first kappa shape index (κ1) is 14.1. The molecular weight excluding hydrogens is 210 g/mol. The third kappa shape index (κ3) is 4.10. The average molecular weight is 237 g/mol. The molecule has 0 aliphatic heterocycles. The van der Waals surface area contributed by atoms with E-state index in [4.69, 9.17) is 4.74 Å². The van der Waals surface area contributed by atoms with Crippen LogP contribution in [0.3, 0.4) is 0 Å². The zero-order valence-corrected chi connectivity index (χ0v) is 11.8. The van der Waals surface area contributed by atoms with Gasteiger partial charge in [-0.25, -0.2) is 0 Å². The highest BCUT2D eigenvalue weighted by molar-refractivity contribution is 5.32. The highest BCUT2D eigenvalue weighted by atomic mass is 16.5. The van der Waals surface area contributed by atoms with E-state index >= 15 is 0 Å². The Labute approximate surface area is 106 Å². The smallest absolute Gasteiger partial charge is 0.139 e. The van der Waals surface area contributed by atoms with Gasteiger partial charge in [-0.15, -0.1) is 0 Å². The quantitative estimate of drug-likeness (QED) is 0.714. The largest absolute Gasteiger partial charge is 0.495 e. The van der Waals surface area contributed by atoms with E-state index in [9.17, 15) is 0 Å². The summed E-state index contributed by atoms with van der Waals surface area (Å²) in [5.41, 5.74) is 2.56. The van der Waals surface area contributed by atoms with E-state index in [1.807, 2.05) is 0 Å². The van der Waals surface area contributed by atoms with Crippen molar-refractivity contribution >= 4 is 0 Å². The Hall–Kier alpha value is -0.920. The van der Waals surface area contributed by atoms with Crippen LogP contribution >= 0.6 is 0 Å². The topological polar surface area (TPSA) is 25.0 Å². The number of ether oxygens (including phenoxy) is 1. The average Bonchev–Trinajstić information content (AvgIpc) is 2.76. The van der Waals surface area contributed by atoms with E-state index in [2.05, 4.69) is 31.8 Å². The Morgan fingerprint density at radius 2 is 2.06 bits per heavy atom. The van der Waals surface area contributed by atoms with Gasteiger partial charge in [0.2, 0.25) is 0 Å². The maximum Gasteiger partial charge on any atom is 0.139 e. The first-order valence-corrected chi connectivity index (χ1v) is 6.99. The van der Waals surface area contributed by atoms with Gasteiger partial charge in [0.25, 0.3) is 0 Å². The molecule has 17 heavy (non-hydrogen) atoms. The fourth-order valence-electron chi connectivity index (χ4n) is 2.29. The number of hydrogen-bond acceptors (Lipinski definition) is 1. The lowest BCUT2D eigenvalue weighted by Crippen LogP contribution is -2.05. The maximum atomic E-state index is 5.45. The van der Waals surface area contributed by atoms with E-state index < -0.39 is 0 Å². The minimum atomic E-state index is 0.784. The number of H-pyrrole nitrogens is 1. The summed E-state index contributed by atoms with van der Waals surface area (Å²) in [6.45, 7) is 6.72. The Kier molecular flexibility index (Phi) is 6.17. The minimum Gasteiger partial charge on any atom is -0.495 e. The summed E-state index contributed by atoms with van der Waals surface area (Å²) in [6, 6.07) is 2.14. The van der Waals surface area contributed by atoms with Crippen LogP contribution < -0.4 is 4.74 Å². The highest BCUT2D eigenvalue weighted by Crippen LogP contribution is 2.26. The number of unbranched alkanes of at least 4 members (excludes halogenated alkanes) is 1. The number of rotatable bonds is 8. The minimum absolute atomic E-state index is 0.784. The monoisotopic (exact) mass is 237 g/mol. The van der Waals surface area contributed by atoms with E-state index in [1.165, 1.54) is 37.1 Å². The second-order valence-corrected chi connectivity index (χ2v) is 4.82. The summed E-state index contributed by atoms with van der Waals surface area (Å²) >= 11 is 0. The Bertz CT molecular complexity index is 317. The summed E-state index contributed by atoms with van der Waals surface area (Å²) in [4.78, 5) is 3.50. The summed E-state index contributed by atoms with van der Waals surface area (Å²) in [6.07, 6.45) is 7.38. The van der Waals surface area contributed by atoms with Gasteiger partial charge in [-0.1, -0.05) is 46.5 Å². The Morgan fingerprint density at radius 3 is 2.59 bits per heavy atom. The number of nitrogens with one attached hydrogen (secondary N) is 1. The van der Waals surface area contributed by atoms with Gasteiger partial charge in [0, 0.05) is 11.8 Å². The third-order valence-corrected chi connectivity index (χ3v) is 3.55. The van der Waals surface area contributed by atoms with Crippen molar-refractivity contribution in [3.05, 3.63) is 17.5 Å². The predicted octanol–water partition coefficient (Wildman–Crippen LogP) is 4.34. The second kappa shape index (κ2) is 7.41. The predicted molar refractivity (Wildman–Crippen MR) is 73.7 cm³/mol. The zero-order chi connectivity index (χ0) is 12.7. The molecule has 1 aromatic heterocycles. The fraction of sp³-hybridized carbons (Fsp3) is 0.733. The molecule has 1 rings (SSSR count). The van der Waals surface area contributed by atoms with Crippen molar-refractivity contribution in [2.45, 2.75) is 59.3 Å². The normalized spacial score (nSPS) is 12.7. The summed E-state index contributed by atoms with van der Waals surface area (Å²) < 4.78 is 5.45. The molecule has 0 spiro atoms. The van der Waals surface area contributed by atoms with E-state index in [-0.39, 0.29) is 0 Å². The molecule has 1 N–H and O–H groups in total. The van der Waals surface area contributed by atoms with Crippen molar-refractivity contribution in [3.63, 3.8) is 0 Å². The summed E-state index contributed by atoms with van der Waals surface area (Å²) in [5, 5.41) is 0. The van der Waals surface area contributed by atoms with Gasteiger partial charge in [-0.2, -0.15) is 0 Å². The number of aromatic nitrogens is 1. The zero-order valence-electron chi connectivity index (χ0n) is 11.8. The van der Waals surface area contributed by atoms with Crippen molar-refractivity contribution in [3.8, 4) is 5.75 Å². The van der Waals surface area contributed by atoms with Crippen LogP contribution in [-0.4, -0.2) is 12.1 Å². The van der Waals surface area contributed by atoms with Crippen LogP contribution in [0.4, 0.5) is 0 Å². The van der Waals surface area contributed by atoms with E-state index in [0.29, 0.717) is 0 Å². The van der Waals surface area contributed by atoms with Crippen LogP contribution in [0, 0.1) is 5.92 Å². The molecule has 0 radical (unpaired) electrons. The second-order valence-electron chi connectivity index (χ2n) is 4.82. The Morgan fingerprint density at radius 1 is 1.29 bits per heavy atom. The molecule has 2 nitrogen and oxygen atoms in total. The molecule has 98 valence electrons. The van der Waals surface area contributed by atoms with Crippen molar-refractivity contribution in [2.24, 2.45) is 5.92 Å². The molecule has 0 aliphatic rings. The van der Waals surface area contributed by atoms with E-state index in [0.717, 1.165) is 24.5 Å². The highest BCUT2D eigenvalue weighted by Gasteiger charge is 2.13. The lowest BCUT2D eigenvalue weighted by Gasteiger charge is -2.14. The van der Waals surface area contributed by atoms with Crippen LogP contribution in [0.5, 0.6) is 5.75 Å². The molecule has 0 fully saturated rings. The van der Waals surface area contributed by atoms with Crippen molar-refractivity contribution in [2.75, 3.05) is 7.11 Å². The third-order valence-electron chi connectivity index (χ3n) is 3.55. The van der Waals surface area contributed by atoms with Crippen LogP contribution in [0.2, 0.25) is 0 Å². The van der Waals surface area contributed by atoms with Gasteiger partial charge >= 0.3 is 0 Å². The van der Waals surface area contributed by atoms with Gasteiger partial charge in [0.05, 0.1) is 12.8 Å². The first-order chi connectivity index (χ1) is 8.24. The summed E-state index contributed by atoms with van der Waals surface area (Å²) in [5.74, 6) is 1.82. The number of aromatic amines is 1. The van der Waals surface area contributed by atoms with Crippen LogP contribution in [0.15, 0.2) is 6.07 Å². The van der Waals surface area contributed by atoms with Crippen LogP contribution in [0.25, 0.3) is 0 Å². The van der Waals surface area contributed by atoms with Crippen LogP contribution in [-0.2, 0) is 12.8 Å². The van der Waals surface area contributed by atoms with Crippen molar-refractivity contribution in [1.82, 2.24) is 4.98 Å². The SMILES string of the molecule is CCCCC(CC)Cc1[nH]c(CC)cc1OC. The Balaban J connectivity index is 2.67.